The average Bonchev–Trinajstić information content (AvgIpc) is 3.29. The molecule has 0 saturated heterocycles. The highest BCUT2D eigenvalue weighted by Gasteiger charge is 2.52. The zero-order chi connectivity index (χ0) is 13.5. The first-order chi connectivity index (χ1) is 9.14. The molecule has 0 aliphatic heterocycles. The predicted octanol–water partition coefficient (Wildman–Crippen LogP) is 2.22. The lowest BCUT2D eigenvalue weighted by atomic mass is 10.0. The van der Waals surface area contributed by atoms with Crippen LogP contribution in [0.4, 0.5) is 0 Å². The monoisotopic (exact) mass is 258 g/mol. The molecule has 3 nitrogen and oxygen atoms in total. The van der Waals surface area contributed by atoms with Crippen LogP contribution in [0, 0.1) is 12.3 Å². The van der Waals surface area contributed by atoms with E-state index in [1.54, 1.807) is 0 Å². The third-order valence-corrected chi connectivity index (χ3v) is 4.38. The molecule has 1 aromatic carbocycles. The van der Waals surface area contributed by atoms with Crippen LogP contribution in [0.1, 0.15) is 36.8 Å². The van der Waals surface area contributed by atoms with Crippen LogP contribution in [0.3, 0.4) is 0 Å². The Hall–Kier alpha value is -1.35. The first-order valence-electron chi connectivity index (χ1n) is 7.21. The summed E-state index contributed by atoms with van der Waals surface area (Å²) in [5.41, 5.74) is 8.06. The normalized spacial score (nSPS) is 20.1. The van der Waals surface area contributed by atoms with E-state index in [1.165, 1.54) is 11.1 Å². The maximum Gasteiger partial charge on any atom is 0.230 e. The first kappa shape index (κ1) is 12.7. The van der Waals surface area contributed by atoms with Crippen molar-refractivity contribution in [2.24, 2.45) is 11.1 Å². The largest absolute Gasteiger partial charge is 0.335 e. The van der Waals surface area contributed by atoms with Gasteiger partial charge in [-0.15, -0.1) is 0 Å². The second-order valence-corrected chi connectivity index (χ2v) is 6.14. The van der Waals surface area contributed by atoms with Crippen molar-refractivity contribution in [1.82, 2.24) is 4.90 Å². The number of carbonyl (C=O) groups excluding carboxylic acids is 1. The molecule has 0 aromatic heterocycles. The summed E-state index contributed by atoms with van der Waals surface area (Å²) in [6.45, 7) is 3.34. The Bertz CT molecular complexity index is 489. The zero-order valence-corrected chi connectivity index (χ0v) is 11.6. The lowest BCUT2D eigenvalue weighted by molar-refractivity contribution is -0.137. The second-order valence-electron chi connectivity index (χ2n) is 6.14. The van der Waals surface area contributed by atoms with Crippen LogP contribution in [0.25, 0.3) is 0 Å². The highest BCUT2D eigenvalue weighted by molar-refractivity contribution is 5.86. The fraction of sp³-hybridized carbons (Fsp3) is 0.562. The predicted molar refractivity (Wildman–Crippen MR) is 75.5 cm³/mol. The molecule has 19 heavy (non-hydrogen) atoms. The van der Waals surface area contributed by atoms with Crippen molar-refractivity contribution in [2.45, 2.75) is 45.2 Å². The van der Waals surface area contributed by atoms with Crippen LogP contribution in [0.15, 0.2) is 24.3 Å². The maximum absolute atomic E-state index is 12.7. The van der Waals surface area contributed by atoms with Crippen LogP contribution in [-0.4, -0.2) is 23.4 Å². The number of benzene rings is 1. The molecular formula is C16H22N2O. The van der Waals surface area contributed by atoms with Gasteiger partial charge in [-0.25, -0.2) is 0 Å². The molecule has 2 aliphatic carbocycles. The second kappa shape index (κ2) is 4.64. The molecule has 102 valence electrons. The van der Waals surface area contributed by atoms with Crippen molar-refractivity contribution in [2.75, 3.05) is 6.54 Å². The maximum atomic E-state index is 12.7. The number of nitrogens with two attached hydrogens (primary N) is 1. The van der Waals surface area contributed by atoms with Gasteiger partial charge in [-0.2, -0.15) is 0 Å². The van der Waals surface area contributed by atoms with Crippen LogP contribution in [0.5, 0.6) is 0 Å². The molecular weight excluding hydrogens is 236 g/mol. The lowest BCUT2D eigenvalue weighted by Gasteiger charge is -2.27. The van der Waals surface area contributed by atoms with Gasteiger partial charge in [0.05, 0.1) is 5.41 Å². The van der Waals surface area contributed by atoms with Crippen LogP contribution in [-0.2, 0) is 11.3 Å². The SMILES string of the molecule is Cc1cccc(CN(C(=O)C2(CN)CC2)C2CC2)c1. The number of rotatable bonds is 5. The van der Waals surface area contributed by atoms with Gasteiger partial charge in [0, 0.05) is 19.1 Å². The number of aryl methyl sites for hydroxylation is 1. The van der Waals surface area contributed by atoms with E-state index < -0.39 is 0 Å². The number of hydrogen-bond donors (Lipinski definition) is 1. The zero-order valence-electron chi connectivity index (χ0n) is 11.6. The molecule has 2 fully saturated rings. The fourth-order valence-corrected chi connectivity index (χ4v) is 2.72. The van der Waals surface area contributed by atoms with Gasteiger partial charge in [-0.3, -0.25) is 4.79 Å². The van der Waals surface area contributed by atoms with Crippen LogP contribution < -0.4 is 5.73 Å². The van der Waals surface area contributed by atoms with Crippen molar-refractivity contribution in [1.29, 1.82) is 0 Å². The smallest absolute Gasteiger partial charge is 0.230 e. The van der Waals surface area contributed by atoms with E-state index in [4.69, 9.17) is 5.73 Å². The third kappa shape index (κ3) is 2.52. The topological polar surface area (TPSA) is 46.3 Å². The molecule has 0 unspecified atom stereocenters. The molecule has 1 aromatic rings. The molecule has 1 amide bonds. The summed E-state index contributed by atoms with van der Waals surface area (Å²) in [6.07, 6.45) is 4.25. The van der Waals surface area contributed by atoms with E-state index in [2.05, 4.69) is 36.1 Å². The van der Waals surface area contributed by atoms with Crippen molar-refractivity contribution in [3.8, 4) is 0 Å². The van der Waals surface area contributed by atoms with Gasteiger partial charge >= 0.3 is 0 Å². The molecule has 3 heteroatoms. The van der Waals surface area contributed by atoms with Crippen LogP contribution in [0.2, 0.25) is 0 Å². The molecule has 2 aliphatic rings. The Morgan fingerprint density at radius 2 is 2.16 bits per heavy atom. The summed E-state index contributed by atoms with van der Waals surface area (Å²) in [6, 6.07) is 8.89. The summed E-state index contributed by atoms with van der Waals surface area (Å²) in [7, 11) is 0. The molecule has 0 atom stereocenters. The molecule has 0 spiro atoms. The Balaban J connectivity index is 1.76. The van der Waals surface area contributed by atoms with E-state index in [-0.39, 0.29) is 5.41 Å². The van der Waals surface area contributed by atoms with Crippen molar-refractivity contribution >= 4 is 5.91 Å². The summed E-state index contributed by atoms with van der Waals surface area (Å²) >= 11 is 0. The van der Waals surface area contributed by atoms with Crippen LogP contribution >= 0.6 is 0 Å². The van der Waals surface area contributed by atoms with Gasteiger partial charge in [-0.1, -0.05) is 29.8 Å². The lowest BCUT2D eigenvalue weighted by Crippen LogP contribution is -2.41. The standard InChI is InChI=1S/C16H22N2O/c1-12-3-2-4-13(9-12)10-18(14-5-6-14)15(19)16(11-17)7-8-16/h2-4,9,14H,5-8,10-11,17H2,1H3. The molecule has 2 saturated carbocycles. The third-order valence-electron chi connectivity index (χ3n) is 4.38. The molecule has 2 N–H and O–H groups in total. The number of carbonyl (C=O) groups is 1. The Morgan fingerprint density at radius 1 is 1.42 bits per heavy atom. The van der Waals surface area contributed by atoms with Gasteiger partial charge in [0.2, 0.25) is 5.91 Å². The van der Waals surface area contributed by atoms with E-state index >= 15 is 0 Å². The van der Waals surface area contributed by atoms with Crippen molar-refractivity contribution in [3.05, 3.63) is 35.4 Å². The quantitative estimate of drug-likeness (QED) is 0.880. The summed E-state index contributed by atoms with van der Waals surface area (Å²) in [5, 5.41) is 0. The Labute approximate surface area is 114 Å². The van der Waals surface area contributed by atoms with Gasteiger partial charge in [0.25, 0.3) is 0 Å². The van der Waals surface area contributed by atoms with E-state index in [0.717, 1.165) is 32.2 Å². The van der Waals surface area contributed by atoms with Gasteiger partial charge in [0.15, 0.2) is 0 Å². The van der Waals surface area contributed by atoms with E-state index in [1.807, 2.05) is 0 Å². The fourth-order valence-electron chi connectivity index (χ4n) is 2.72. The average molecular weight is 258 g/mol. The highest BCUT2D eigenvalue weighted by atomic mass is 16.2. The summed E-state index contributed by atoms with van der Waals surface area (Å²) in [5.74, 6) is 0.291. The van der Waals surface area contributed by atoms with E-state index in [0.29, 0.717) is 18.5 Å². The minimum atomic E-state index is -0.216. The summed E-state index contributed by atoms with van der Waals surface area (Å²) < 4.78 is 0. The Morgan fingerprint density at radius 3 is 2.68 bits per heavy atom. The number of amides is 1. The highest BCUT2D eigenvalue weighted by Crippen LogP contribution is 2.48. The minimum absolute atomic E-state index is 0.216. The molecule has 0 radical (unpaired) electrons. The van der Waals surface area contributed by atoms with Gasteiger partial charge in [-0.05, 0) is 38.2 Å². The van der Waals surface area contributed by atoms with E-state index in [9.17, 15) is 4.79 Å². The number of nitrogens with zero attached hydrogens (tertiary/aromatic N) is 1. The molecule has 0 heterocycles. The number of hydrogen-bond acceptors (Lipinski definition) is 2. The molecule has 0 bridgehead atoms. The minimum Gasteiger partial charge on any atom is -0.335 e. The van der Waals surface area contributed by atoms with Gasteiger partial charge < -0.3 is 10.6 Å². The van der Waals surface area contributed by atoms with Crippen molar-refractivity contribution in [3.63, 3.8) is 0 Å². The Kier molecular flexibility index (Phi) is 3.09. The summed E-state index contributed by atoms with van der Waals surface area (Å²) in [4.78, 5) is 14.8. The van der Waals surface area contributed by atoms with Gasteiger partial charge in [0.1, 0.15) is 0 Å². The van der Waals surface area contributed by atoms with Crippen molar-refractivity contribution < 1.29 is 4.79 Å². The first-order valence-corrected chi connectivity index (χ1v) is 7.21. The molecule has 3 rings (SSSR count).